The fraction of sp³-hybridized carbons (Fsp3) is 0.385. The Morgan fingerprint density at radius 3 is 2.79 bits per heavy atom. The van der Waals surface area contributed by atoms with Crippen LogP contribution in [0.3, 0.4) is 0 Å². The van der Waals surface area contributed by atoms with Crippen LogP contribution in [0.4, 0.5) is 5.69 Å². The molecule has 6 heteroatoms. The standard InChI is InChI=1S/C13H14ClNO3S/c14-11-4-7-13(10(9-11)3-1-2-8-16)15-19(17,18)12-5-6-12/h4,7,9,12,15-16H,2,5-6,8H2. The topological polar surface area (TPSA) is 66.4 Å². The number of hydrogen-bond donors (Lipinski definition) is 2. The average Bonchev–Trinajstić information content (AvgIpc) is 3.17. The molecule has 4 nitrogen and oxygen atoms in total. The lowest BCUT2D eigenvalue weighted by atomic mass is 10.2. The van der Waals surface area contributed by atoms with Crippen LogP contribution in [0.2, 0.25) is 5.02 Å². The zero-order chi connectivity index (χ0) is 13.9. The van der Waals surface area contributed by atoms with Crippen molar-refractivity contribution in [2.24, 2.45) is 0 Å². The molecule has 102 valence electrons. The van der Waals surface area contributed by atoms with E-state index >= 15 is 0 Å². The van der Waals surface area contributed by atoms with Crippen molar-refractivity contribution in [3.8, 4) is 11.8 Å². The highest BCUT2D eigenvalue weighted by atomic mass is 35.5. The number of halogens is 1. The Bertz CT molecular complexity index is 627. The van der Waals surface area contributed by atoms with Gasteiger partial charge in [0.25, 0.3) is 0 Å². The average molecular weight is 300 g/mol. The summed E-state index contributed by atoms with van der Waals surface area (Å²) in [6, 6.07) is 4.82. The summed E-state index contributed by atoms with van der Waals surface area (Å²) in [5.41, 5.74) is 0.951. The number of sulfonamides is 1. The number of rotatable bonds is 4. The van der Waals surface area contributed by atoms with Gasteiger partial charge in [0, 0.05) is 11.4 Å². The molecule has 0 aliphatic heterocycles. The van der Waals surface area contributed by atoms with Crippen LogP contribution in [0.15, 0.2) is 18.2 Å². The van der Waals surface area contributed by atoms with Crippen molar-refractivity contribution in [1.82, 2.24) is 0 Å². The summed E-state index contributed by atoms with van der Waals surface area (Å²) >= 11 is 5.88. The molecular weight excluding hydrogens is 286 g/mol. The number of nitrogens with one attached hydrogen (secondary N) is 1. The van der Waals surface area contributed by atoms with Crippen LogP contribution < -0.4 is 4.72 Å². The van der Waals surface area contributed by atoms with Gasteiger partial charge >= 0.3 is 0 Å². The van der Waals surface area contributed by atoms with E-state index in [-0.39, 0.29) is 11.9 Å². The summed E-state index contributed by atoms with van der Waals surface area (Å²) in [4.78, 5) is 0. The summed E-state index contributed by atoms with van der Waals surface area (Å²) in [6.45, 7) is -0.0311. The molecule has 1 aromatic carbocycles. The van der Waals surface area contributed by atoms with Crippen molar-refractivity contribution >= 4 is 27.3 Å². The van der Waals surface area contributed by atoms with Gasteiger partial charge in [-0.3, -0.25) is 4.72 Å². The van der Waals surface area contributed by atoms with E-state index in [0.717, 1.165) is 0 Å². The molecule has 1 aliphatic carbocycles. The molecule has 0 unspecified atom stereocenters. The second-order valence-corrected chi connectivity index (χ2v) is 6.71. The molecule has 2 rings (SSSR count). The Morgan fingerprint density at radius 1 is 1.42 bits per heavy atom. The van der Waals surface area contributed by atoms with Gasteiger partial charge in [-0.1, -0.05) is 23.4 Å². The highest BCUT2D eigenvalue weighted by molar-refractivity contribution is 7.93. The Labute approximate surface area is 117 Å². The van der Waals surface area contributed by atoms with Gasteiger partial charge in [0.2, 0.25) is 10.0 Å². The zero-order valence-electron chi connectivity index (χ0n) is 10.2. The molecule has 1 aliphatic rings. The van der Waals surface area contributed by atoms with Crippen LogP contribution in [0.1, 0.15) is 24.8 Å². The van der Waals surface area contributed by atoms with Crippen molar-refractivity contribution in [3.63, 3.8) is 0 Å². The molecule has 0 spiro atoms. The smallest absolute Gasteiger partial charge is 0.235 e. The van der Waals surface area contributed by atoms with Gasteiger partial charge in [-0.15, -0.1) is 0 Å². The highest BCUT2D eigenvalue weighted by Crippen LogP contribution is 2.31. The van der Waals surface area contributed by atoms with Crippen LogP contribution in [-0.2, 0) is 10.0 Å². The third-order valence-electron chi connectivity index (χ3n) is 2.66. The monoisotopic (exact) mass is 299 g/mol. The Morgan fingerprint density at radius 2 is 2.16 bits per heavy atom. The predicted octanol–water partition coefficient (Wildman–Crippen LogP) is 1.98. The van der Waals surface area contributed by atoms with Gasteiger partial charge in [0.05, 0.1) is 23.1 Å². The minimum Gasteiger partial charge on any atom is -0.395 e. The van der Waals surface area contributed by atoms with E-state index in [1.807, 2.05) is 0 Å². The van der Waals surface area contributed by atoms with Crippen molar-refractivity contribution in [1.29, 1.82) is 0 Å². The van der Waals surface area contributed by atoms with Crippen molar-refractivity contribution < 1.29 is 13.5 Å². The van der Waals surface area contributed by atoms with Crippen LogP contribution in [0.25, 0.3) is 0 Å². The van der Waals surface area contributed by atoms with Gasteiger partial charge in [-0.25, -0.2) is 8.42 Å². The van der Waals surface area contributed by atoms with Crippen LogP contribution in [0, 0.1) is 11.8 Å². The summed E-state index contributed by atoms with van der Waals surface area (Å²) in [5, 5.41) is 8.89. The second kappa shape index (κ2) is 5.83. The van der Waals surface area contributed by atoms with Gasteiger partial charge < -0.3 is 5.11 Å². The highest BCUT2D eigenvalue weighted by Gasteiger charge is 2.35. The summed E-state index contributed by atoms with van der Waals surface area (Å²) in [7, 11) is -3.32. The second-order valence-electron chi connectivity index (χ2n) is 4.31. The first-order chi connectivity index (χ1) is 9.03. The number of aliphatic hydroxyl groups is 1. The molecular formula is C13H14ClNO3S. The molecule has 0 saturated heterocycles. The molecule has 1 fully saturated rings. The van der Waals surface area contributed by atoms with Gasteiger partial charge in [-0.05, 0) is 31.0 Å². The minimum absolute atomic E-state index is 0.0311. The SMILES string of the molecule is O=S(=O)(Nc1ccc(Cl)cc1C#CCCO)C1CC1. The number of anilines is 1. The van der Waals surface area contributed by atoms with E-state index in [1.165, 1.54) is 0 Å². The molecule has 2 N–H and O–H groups in total. The molecule has 0 radical (unpaired) electrons. The van der Waals surface area contributed by atoms with Crippen LogP contribution in [-0.4, -0.2) is 25.4 Å². The van der Waals surface area contributed by atoms with E-state index in [4.69, 9.17) is 16.7 Å². The molecule has 1 saturated carbocycles. The first-order valence-corrected chi connectivity index (χ1v) is 7.86. The largest absolute Gasteiger partial charge is 0.395 e. The normalized spacial score (nSPS) is 14.6. The quantitative estimate of drug-likeness (QED) is 0.836. The van der Waals surface area contributed by atoms with Crippen LogP contribution >= 0.6 is 11.6 Å². The maximum absolute atomic E-state index is 11.9. The summed E-state index contributed by atoms with van der Waals surface area (Å²) in [6.07, 6.45) is 1.74. The Kier molecular flexibility index (Phi) is 4.35. The lowest BCUT2D eigenvalue weighted by Gasteiger charge is -2.09. The predicted molar refractivity (Wildman–Crippen MR) is 75.6 cm³/mol. The first-order valence-electron chi connectivity index (χ1n) is 5.94. The lowest BCUT2D eigenvalue weighted by Crippen LogP contribution is -2.18. The lowest BCUT2D eigenvalue weighted by molar-refractivity contribution is 0.305. The van der Waals surface area contributed by atoms with E-state index in [0.29, 0.717) is 35.5 Å². The third kappa shape index (κ3) is 3.87. The zero-order valence-corrected chi connectivity index (χ0v) is 11.8. The van der Waals surface area contributed by atoms with E-state index in [1.54, 1.807) is 18.2 Å². The number of aliphatic hydroxyl groups excluding tert-OH is 1. The van der Waals surface area contributed by atoms with Crippen molar-refractivity contribution in [2.75, 3.05) is 11.3 Å². The maximum atomic E-state index is 11.9. The molecule has 0 amide bonds. The number of hydrogen-bond acceptors (Lipinski definition) is 3. The third-order valence-corrected chi connectivity index (χ3v) is 4.75. The molecule has 19 heavy (non-hydrogen) atoms. The van der Waals surface area contributed by atoms with E-state index in [2.05, 4.69) is 16.6 Å². The Hall–Kier alpha value is -1.22. The van der Waals surface area contributed by atoms with Crippen LogP contribution in [0.5, 0.6) is 0 Å². The molecule has 0 heterocycles. The summed E-state index contributed by atoms with van der Waals surface area (Å²) < 4.78 is 26.3. The van der Waals surface area contributed by atoms with E-state index < -0.39 is 10.0 Å². The maximum Gasteiger partial charge on any atom is 0.235 e. The van der Waals surface area contributed by atoms with Crippen molar-refractivity contribution in [3.05, 3.63) is 28.8 Å². The van der Waals surface area contributed by atoms with Gasteiger partial charge in [0.1, 0.15) is 0 Å². The fourth-order valence-corrected chi connectivity index (χ4v) is 3.12. The first kappa shape index (κ1) is 14.2. The molecule has 0 bridgehead atoms. The molecule has 1 aromatic rings. The molecule has 0 aromatic heterocycles. The number of benzene rings is 1. The molecule has 0 atom stereocenters. The van der Waals surface area contributed by atoms with E-state index in [9.17, 15) is 8.42 Å². The van der Waals surface area contributed by atoms with Gasteiger partial charge in [0.15, 0.2) is 0 Å². The fourth-order valence-electron chi connectivity index (χ4n) is 1.54. The summed E-state index contributed by atoms with van der Waals surface area (Å²) in [5.74, 6) is 5.57. The van der Waals surface area contributed by atoms with Crippen molar-refractivity contribution in [2.45, 2.75) is 24.5 Å². The van der Waals surface area contributed by atoms with Gasteiger partial charge in [-0.2, -0.15) is 0 Å². The minimum atomic E-state index is -3.32. The Balaban J connectivity index is 2.27.